The van der Waals surface area contributed by atoms with Crippen molar-refractivity contribution in [2.75, 3.05) is 18.4 Å². The summed E-state index contributed by atoms with van der Waals surface area (Å²) < 4.78 is 0. The molecule has 1 saturated heterocycles. The van der Waals surface area contributed by atoms with Crippen LogP contribution in [0.4, 0.5) is 10.5 Å². The standard InChI is InChI=1S/C19H25N3O2/c23-18-10-5-11-22(18)14-16-8-4-9-17(12-16)21-19(24)20-13-15-6-2-1-3-7-15/h1-2,4,8-9,12,15H,3,5-7,10-11,13-14H2,(H2,20,21,24). The Hall–Kier alpha value is -2.30. The third-order valence-corrected chi connectivity index (χ3v) is 4.66. The second-order valence-electron chi connectivity index (χ2n) is 6.60. The molecule has 5 heteroatoms. The molecule has 1 aliphatic heterocycles. The zero-order chi connectivity index (χ0) is 16.8. The Kier molecular flexibility index (Phi) is 5.51. The number of nitrogens with zero attached hydrogens (tertiary/aromatic N) is 1. The monoisotopic (exact) mass is 327 g/mol. The lowest BCUT2D eigenvalue weighted by Gasteiger charge is -2.18. The van der Waals surface area contributed by atoms with Gasteiger partial charge in [0, 0.05) is 31.7 Å². The van der Waals surface area contributed by atoms with E-state index in [-0.39, 0.29) is 11.9 Å². The Morgan fingerprint density at radius 2 is 2.21 bits per heavy atom. The average molecular weight is 327 g/mol. The molecule has 24 heavy (non-hydrogen) atoms. The summed E-state index contributed by atoms with van der Waals surface area (Å²) in [5.74, 6) is 0.751. The molecule has 2 aliphatic rings. The van der Waals surface area contributed by atoms with Gasteiger partial charge in [0.05, 0.1) is 0 Å². The van der Waals surface area contributed by atoms with Gasteiger partial charge < -0.3 is 15.5 Å². The van der Waals surface area contributed by atoms with E-state index in [4.69, 9.17) is 0 Å². The van der Waals surface area contributed by atoms with Gasteiger partial charge in [-0.3, -0.25) is 4.79 Å². The molecule has 1 aromatic rings. The van der Waals surface area contributed by atoms with Crippen molar-refractivity contribution in [1.29, 1.82) is 0 Å². The van der Waals surface area contributed by atoms with E-state index in [2.05, 4.69) is 22.8 Å². The van der Waals surface area contributed by atoms with Crippen LogP contribution in [0.25, 0.3) is 0 Å². The molecule has 0 spiro atoms. The van der Waals surface area contributed by atoms with E-state index in [0.717, 1.165) is 43.5 Å². The number of anilines is 1. The number of carbonyl (C=O) groups is 2. The molecule has 0 radical (unpaired) electrons. The van der Waals surface area contributed by atoms with Crippen LogP contribution < -0.4 is 10.6 Å². The molecule has 2 N–H and O–H groups in total. The second kappa shape index (κ2) is 7.99. The predicted molar refractivity (Wildman–Crippen MR) is 94.6 cm³/mol. The van der Waals surface area contributed by atoms with E-state index in [1.807, 2.05) is 29.2 Å². The van der Waals surface area contributed by atoms with Crippen LogP contribution in [-0.2, 0) is 11.3 Å². The van der Waals surface area contributed by atoms with E-state index in [1.54, 1.807) is 0 Å². The maximum absolute atomic E-state index is 12.1. The fraction of sp³-hybridized carbons (Fsp3) is 0.474. The number of hydrogen-bond donors (Lipinski definition) is 2. The van der Waals surface area contributed by atoms with Crippen molar-refractivity contribution in [2.24, 2.45) is 5.92 Å². The minimum absolute atomic E-state index is 0.168. The SMILES string of the molecule is O=C(NCC1CC=CCC1)Nc1cccc(CN2CCCC2=O)c1. The summed E-state index contributed by atoms with van der Waals surface area (Å²) in [4.78, 5) is 25.6. The third kappa shape index (κ3) is 4.60. The van der Waals surface area contributed by atoms with Gasteiger partial charge in [0.2, 0.25) is 5.91 Å². The molecule has 1 atom stereocenters. The summed E-state index contributed by atoms with van der Waals surface area (Å²) in [5.41, 5.74) is 1.81. The molecule has 1 unspecified atom stereocenters. The van der Waals surface area contributed by atoms with Gasteiger partial charge in [0.25, 0.3) is 0 Å². The van der Waals surface area contributed by atoms with Gasteiger partial charge in [-0.25, -0.2) is 4.79 Å². The van der Waals surface area contributed by atoms with Crippen molar-refractivity contribution in [2.45, 2.75) is 38.6 Å². The van der Waals surface area contributed by atoms with Gasteiger partial charge in [-0.05, 0) is 49.3 Å². The molecule has 0 aromatic heterocycles. The molecule has 0 bridgehead atoms. The first-order chi connectivity index (χ1) is 11.7. The highest BCUT2D eigenvalue weighted by Gasteiger charge is 2.20. The van der Waals surface area contributed by atoms with Crippen LogP contribution in [0.5, 0.6) is 0 Å². The quantitative estimate of drug-likeness (QED) is 0.815. The molecule has 5 nitrogen and oxygen atoms in total. The van der Waals surface area contributed by atoms with Crippen LogP contribution in [0, 0.1) is 5.92 Å². The fourth-order valence-electron chi connectivity index (χ4n) is 3.29. The molecule has 1 aromatic carbocycles. The van der Waals surface area contributed by atoms with Crippen LogP contribution >= 0.6 is 0 Å². The van der Waals surface area contributed by atoms with Crippen molar-refractivity contribution >= 4 is 17.6 Å². The molecule has 1 aliphatic carbocycles. The number of rotatable bonds is 5. The van der Waals surface area contributed by atoms with Crippen LogP contribution in [-0.4, -0.2) is 29.9 Å². The Labute approximate surface area is 143 Å². The highest BCUT2D eigenvalue weighted by Crippen LogP contribution is 2.18. The number of carbonyl (C=O) groups excluding carboxylic acids is 2. The molecule has 3 rings (SSSR count). The Bertz CT molecular complexity index is 627. The Balaban J connectivity index is 1.49. The van der Waals surface area contributed by atoms with Crippen LogP contribution in [0.1, 0.15) is 37.7 Å². The summed E-state index contributed by atoms with van der Waals surface area (Å²) in [6, 6.07) is 7.55. The number of allylic oxidation sites excluding steroid dienone is 2. The third-order valence-electron chi connectivity index (χ3n) is 4.66. The highest BCUT2D eigenvalue weighted by atomic mass is 16.2. The Morgan fingerprint density at radius 3 is 2.96 bits per heavy atom. The van der Waals surface area contributed by atoms with Gasteiger partial charge in [0.1, 0.15) is 0 Å². The summed E-state index contributed by atoms with van der Waals surface area (Å²) in [6.45, 7) is 2.15. The number of likely N-dealkylation sites (tertiary alicyclic amines) is 1. The van der Waals surface area contributed by atoms with Crippen molar-refractivity contribution in [3.05, 3.63) is 42.0 Å². The van der Waals surface area contributed by atoms with Crippen molar-refractivity contribution in [3.8, 4) is 0 Å². The van der Waals surface area contributed by atoms with E-state index < -0.39 is 0 Å². The zero-order valence-electron chi connectivity index (χ0n) is 14.0. The minimum atomic E-state index is -0.168. The first-order valence-electron chi connectivity index (χ1n) is 8.77. The molecule has 0 saturated carbocycles. The number of amides is 3. The largest absolute Gasteiger partial charge is 0.338 e. The molecular weight excluding hydrogens is 302 g/mol. The van der Waals surface area contributed by atoms with Crippen LogP contribution in [0.3, 0.4) is 0 Å². The number of urea groups is 1. The van der Waals surface area contributed by atoms with Crippen molar-refractivity contribution in [3.63, 3.8) is 0 Å². The normalized spacial score (nSPS) is 20.2. The van der Waals surface area contributed by atoms with Gasteiger partial charge in [-0.15, -0.1) is 0 Å². The Morgan fingerprint density at radius 1 is 1.29 bits per heavy atom. The van der Waals surface area contributed by atoms with E-state index in [9.17, 15) is 9.59 Å². The molecule has 1 heterocycles. The molecule has 1 fully saturated rings. The van der Waals surface area contributed by atoms with E-state index in [0.29, 0.717) is 25.4 Å². The summed E-state index contributed by atoms with van der Waals surface area (Å²) >= 11 is 0. The lowest BCUT2D eigenvalue weighted by Crippen LogP contribution is -2.33. The zero-order valence-corrected chi connectivity index (χ0v) is 14.0. The van der Waals surface area contributed by atoms with Gasteiger partial charge in [-0.1, -0.05) is 24.3 Å². The average Bonchev–Trinajstić information content (AvgIpc) is 2.99. The number of hydrogen-bond acceptors (Lipinski definition) is 2. The summed E-state index contributed by atoms with van der Waals surface area (Å²) in [5, 5.41) is 5.84. The maximum Gasteiger partial charge on any atom is 0.319 e. The van der Waals surface area contributed by atoms with Gasteiger partial charge >= 0.3 is 6.03 Å². The summed E-state index contributed by atoms with van der Waals surface area (Å²) in [7, 11) is 0. The number of nitrogens with one attached hydrogen (secondary N) is 2. The van der Waals surface area contributed by atoms with Crippen LogP contribution in [0.15, 0.2) is 36.4 Å². The van der Waals surface area contributed by atoms with Gasteiger partial charge in [-0.2, -0.15) is 0 Å². The number of benzene rings is 1. The lowest BCUT2D eigenvalue weighted by atomic mass is 9.94. The first-order valence-corrected chi connectivity index (χ1v) is 8.77. The second-order valence-corrected chi connectivity index (χ2v) is 6.60. The predicted octanol–water partition coefficient (Wildman–Crippen LogP) is 3.29. The van der Waals surface area contributed by atoms with Crippen molar-refractivity contribution < 1.29 is 9.59 Å². The lowest BCUT2D eigenvalue weighted by molar-refractivity contribution is -0.128. The minimum Gasteiger partial charge on any atom is -0.338 e. The van der Waals surface area contributed by atoms with Crippen LogP contribution in [0.2, 0.25) is 0 Å². The maximum atomic E-state index is 12.1. The molecule has 128 valence electrons. The molecule has 3 amide bonds. The first kappa shape index (κ1) is 16.6. The molecular formula is C19H25N3O2. The van der Waals surface area contributed by atoms with E-state index >= 15 is 0 Å². The fourth-order valence-corrected chi connectivity index (χ4v) is 3.29. The van der Waals surface area contributed by atoms with Gasteiger partial charge in [0.15, 0.2) is 0 Å². The highest BCUT2D eigenvalue weighted by molar-refractivity contribution is 5.89. The van der Waals surface area contributed by atoms with E-state index in [1.165, 1.54) is 0 Å². The smallest absolute Gasteiger partial charge is 0.319 e. The topological polar surface area (TPSA) is 61.4 Å². The summed E-state index contributed by atoms with van der Waals surface area (Å²) in [6.07, 6.45) is 9.26. The van der Waals surface area contributed by atoms with Crippen molar-refractivity contribution in [1.82, 2.24) is 10.2 Å².